The molecule has 0 spiro atoms. The summed E-state index contributed by atoms with van der Waals surface area (Å²) in [6.07, 6.45) is 6.12. The number of rotatable bonds is 5. The molecule has 27 heavy (non-hydrogen) atoms. The van der Waals surface area contributed by atoms with Crippen molar-refractivity contribution in [1.29, 1.82) is 0 Å². The highest BCUT2D eigenvalue weighted by Crippen LogP contribution is 2.27. The van der Waals surface area contributed by atoms with Gasteiger partial charge in [0.1, 0.15) is 12.0 Å². The molecule has 1 amide bonds. The summed E-state index contributed by atoms with van der Waals surface area (Å²) in [6, 6.07) is 7.35. The van der Waals surface area contributed by atoms with E-state index in [9.17, 15) is 9.90 Å². The second-order valence-corrected chi connectivity index (χ2v) is 7.40. The summed E-state index contributed by atoms with van der Waals surface area (Å²) in [5.74, 6) is 0.506. The Labute approximate surface area is 164 Å². The van der Waals surface area contributed by atoms with Crippen LogP contribution in [0.15, 0.2) is 30.5 Å². The van der Waals surface area contributed by atoms with Crippen LogP contribution in [-0.4, -0.2) is 34.3 Å². The van der Waals surface area contributed by atoms with E-state index < -0.39 is 6.23 Å². The van der Waals surface area contributed by atoms with Gasteiger partial charge in [-0.15, -0.1) is 0 Å². The molecule has 1 atom stereocenters. The molecule has 0 bridgehead atoms. The number of aliphatic hydroxyl groups excluding tert-OH is 1. The summed E-state index contributed by atoms with van der Waals surface area (Å²) in [4.78, 5) is 22.7. The molecule has 1 aliphatic rings. The van der Waals surface area contributed by atoms with E-state index >= 15 is 0 Å². The average Bonchev–Trinajstić information content (AvgIpc) is 2.68. The highest BCUT2D eigenvalue weighted by atomic mass is 35.5. The first-order valence-corrected chi connectivity index (χ1v) is 9.65. The van der Waals surface area contributed by atoms with Crippen molar-refractivity contribution in [2.75, 3.05) is 11.9 Å². The van der Waals surface area contributed by atoms with E-state index in [1.54, 1.807) is 18.3 Å². The third-order valence-electron chi connectivity index (χ3n) is 5.18. The summed E-state index contributed by atoms with van der Waals surface area (Å²) in [5.41, 5.74) is 2.18. The van der Waals surface area contributed by atoms with Crippen LogP contribution in [0.4, 0.5) is 11.5 Å². The second-order valence-electron chi connectivity index (χ2n) is 7.06. The number of carbonyl (C=O) groups is 1. The fourth-order valence-corrected chi connectivity index (χ4v) is 3.63. The zero-order valence-electron chi connectivity index (χ0n) is 15.7. The van der Waals surface area contributed by atoms with E-state index in [4.69, 9.17) is 11.6 Å². The fourth-order valence-electron chi connectivity index (χ4n) is 3.49. The molecule has 144 valence electrons. The number of nitrogens with zero attached hydrogens (tertiary/aromatic N) is 3. The Morgan fingerprint density at radius 2 is 2.04 bits per heavy atom. The van der Waals surface area contributed by atoms with Crippen LogP contribution in [0.3, 0.4) is 0 Å². The van der Waals surface area contributed by atoms with E-state index in [-0.39, 0.29) is 17.1 Å². The number of nitrogens with one attached hydrogen (secondary N) is 1. The van der Waals surface area contributed by atoms with Crippen molar-refractivity contribution in [1.82, 2.24) is 15.3 Å². The van der Waals surface area contributed by atoms with Crippen LogP contribution in [0.25, 0.3) is 0 Å². The number of aromatic nitrogens is 2. The standard InChI is InChI=1S/C20H25ClN4O2/c1-13-8-9-15(25(2)17-10-11-22-20(21)23-17)12-16(13)19(27)24-18(26)14-6-4-3-5-7-14/h8-12,14,18,26H,3-7H2,1-2H3,(H,24,27). The topological polar surface area (TPSA) is 78.4 Å². The van der Waals surface area contributed by atoms with Gasteiger partial charge in [0.25, 0.3) is 5.91 Å². The Bertz CT molecular complexity index is 808. The zero-order chi connectivity index (χ0) is 19.4. The van der Waals surface area contributed by atoms with Crippen LogP contribution in [0.2, 0.25) is 5.28 Å². The molecule has 1 fully saturated rings. The average molecular weight is 389 g/mol. The van der Waals surface area contributed by atoms with Crippen molar-refractivity contribution in [2.45, 2.75) is 45.3 Å². The van der Waals surface area contributed by atoms with E-state index in [0.29, 0.717) is 11.4 Å². The van der Waals surface area contributed by atoms with Crippen molar-refractivity contribution in [3.05, 3.63) is 46.9 Å². The number of hydrogen-bond acceptors (Lipinski definition) is 5. The first-order chi connectivity index (χ1) is 13.0. The largest absolute Gasteiger partial charge is 0.373 e. The van der Waals surface area contributed by atoms with E-state index in [2.05, 4.69) is 15.3 Å². The van der Waals surface area contributed by atoms with Crippen molar-refractivity contribution in [3.8, 4) is 0 Å². The summed E-state index contributed by atoms with van der Waals surface area (Å²) in [6.45, 7) is 1.88. The predicted molar refractivity (Wildman–Crippen MR) is 106 cm³/mol. The number of anilines is 2. The molecule has 0 aliphatic heterocycles. The third kappa shape index (κ3) is 4.76. The minimum Gasteiger partial charge on any atom is -0.373 e. The number of aryl methyl sites for hydroxylation is 1. The van der Waals surface area contributed by atoms with Gasteiger partial charge >= 0.3 is 0 Å². The zero-order valence-corrected chi connectivity index (χ0v) is 16.4. The van der Waals surface area contributed by atoms with Gasteiger partial charge in [0, 0.05) is 30.4 Å². The lowest BCUT2D eigenvalue weighted by molar-refractivity contribution is 0.0463. The normalized spacial score (nSPS) is 16.0. The Hall–Kier alpha value is -2.18. The lowest BCUT2D eigenvalue weighted by Crippen LogP contribution is -2.41. The minimum atomic E-state index is -0.806. The van der Waals surface area contributed by atoms with Gasteiger partial charge in [-0.2, -0.15) is 0 Å². The third-order valence-corrected chi connectivity index (χ3v) is 5.37. The van der Waals surface area contributed by atoms with Gasteiger partial charge in [0.15, 0.2) is 0 Å². The first-order valence-electron chi connectivity index (χ1n) is 9.27. The lowest BCUT2D eigenvalue weighted by Gasteiger charge is -2.27. The molecule has 6 nitrogen and oxygen atoms in total. The van der Waals surface area contributed by atoms with Crippen molar-refractivity contribution < 1.29 is 9.90 Å². The number of halogens is 1. The van der Waals surface area contributed by atoms with Gasteiger partial charge in [-0.3, -0.25) is 4.79 Å². The fraction of sp³-hybridized carbons (Fsp3) is 0.450. The molecular formula is C20H25ClN4O2. The number of aliphatic hydroxyl groups is 1. The molecule has 2 N–H and O–H groups in total. The maximum absolute atomic E-state index is 12.7. The van der Waals surface area contributed by atoms with E-state index in [1.165, 1.54) is 6.42 Å². The molecule has 1 saturated carbocycles. The van der Waals surface area contributed by atoms with E-state index in [0.717, 1.165) is 36.9 Å². The molecule has 2 aromatic rings. The number of amides is 1. The summed E-state index contributed by atoms with van der Waals surface area (Å²) in [7, 11) is 1.85. The summed E-state index contributed by atoms with van der Waals surface area (Å²) < 4.78 is 0. The maximum atomic E-state index is 12.7. The summed E-state index contributed by atoms with van der Waals surface area (Å²) >= 11 is 5.87. The van der Waals surface area contributed by atoms with Crippen LogP contribution in [0.1, 0.15) is 48.0 Å². The van der Waals surface area contributed by atoms with Gasteiger partial charge in [-0.1, -0.05) is 25.3 Å². The van der Waals surface area contributed by atoms with Gasteiger partial charge in [-0.05, 0) is 55.1 Å². The number of hydrogen-bond donors (Lipinski definition) is 2. The quantitative estimate of drug-likeness (QED) is 0.601. The summed E-state index contributed by atoms with van der Waals surface area (Å²) in [5, 5.41) is 13.3. The van der Waals surface area contributed by atoms with Crippen LogP contribution < -0.4 is 10.2 Å². The molecule has 1 aromatic carbocycles. The minimum absolute atomic E-state index is 0.136. The van der Waals surface area contributed by atoms with Crippen molar-refractivity contribution in [3.63, 3.8) is 0 Å². The molecule has 0 saturated heterocycles. The smallest absolute Gasteiger partial charge is 0.253 e. The lowest BCUT2D eigenvalue weighted by atomic mass is 9.88. The van der Waals surface area contributed by atoms with Gasteiger partial charge in [-0.25, -0.2) is 9.97 Å². The van der Waals surface area contributed by atoms with Crippen molar-refractivity contribution in [2.24, 2.45) is 5.92 Å². The Morgan fingerprint density at radius 3 is 2.74 bits per heavy atom. The molecule has 1 heterocycles. The van der Waals surface area contributed by atoms with Crippen LogP contribution in [0, 0.1) is 12.8 Å². The number of carbonyl (C=O) groups excluding carboxylic acids is 1. The molecule has 1 aromatic heterocycles. The van der Waals surface area contributed by atoms with Crippen LogP contribution in [-0.2, 0) is 0 Å². The highest BCUT2D eigenvalue weighted by molar-refractivity contribution is 6.28. The Morgan fingerprint density at radius 1 is 1.30 bits per heavy atom. The molecule has 1 aliphatic carbocycles. The van der Waals surface area contributed by atoms with Crippen LogP contribution in [0.5, 0.6) is 0 Å². The molecule has 1 unspecified atom stereocenters. The van der Waals surface area contributed by atoms with Crippen LogP contribution >= 0.6 is 11.6 Å². The molecule has 3 rings (SSSR count). The SMILES string of the molecule is Cc1ccc(N(C)c2ccnc(Cl)n2)cc1C(=O)NC(O)C1CCCCC1. The van der Waals surface area contributed by atoms with E-state index in [1.807, 2.05) is 31.0 Å². The first kappa shape index (κ1) is 19.6. The Kier molecular flexibility index (Phi) is 6.29. The van der Waals surface area contributed by atoms with Gasteiger partial charge in [0.2, 0.25) is 5.28 Å². The number of benzene rings is 1. The van der Waals surface area contributed by atoms with Gasteiger partial charge < -0.3 is 15.3 Å². The maximum Gasteiger partial charge on any atom is 0.253 e. The second kappa shape index (κ2) is 8.67. The highest BCUT2D eigenvalue weighted by Gasteiger charge is 2.24. The molecule has 0 radical (unpaired) electrons. The predicted octanol–water partition coefficient (Wildman–Crippen LogP) is 3.83. The molecule has 7 heteroatoms. The molecular weight excluding hydrogens is 364 g/mol. The van der Waals surface area contributed by atoms with Crippen molar-refractivity contribution >= 4 is 29.0 Å². The Balaban J connectivity index is 1.77. The van der Waals surface area contributed by atoms with Gasteiger partial charge in [0.05, 0.1) is 0 Å². The monoisotopic (exact) mass is 388 g/mol.